The number of nitrogens with zero attached hydrogens (tertiary/aromatic N) is 1. The van der Waals surface area contributed by atoms with E-state index in [9.17, 15) is 12.8 Å². The van der Waals surface area contributed by atoms with Crippen LogP contribution in [0, 0.1) is 5.82 Å². The Bertz CT molecular complexity index is 596. The first-order valence-corrected chi connectivity index (χ1v) is 7.87. The second-order valence-corrected chi connectivity index (χ2v) is 6.85. The van der Waals surface area contributed by atoms with Crippen molar-refractivity contribution in [3.8, 4) is 0 Å². The number of hydrogen-bond donors (Lipinski definition) is 1. The zero-order valence-electron chi connectivity index (χ0n) is 10.3. The number of rotatable bonds is 3. The highest BCUT2D eigenvalue weighted by molar-refractivity contribution is 7.89. The summed E-state index contributed by atoms with van der Waals surface area (Å²) in [5.41, 5.74) is 5.35. The summed E-state index contributed by atoms with van der Waals surface area (Å²) in [6, 6.07) is 3.55. The Balaban J connectivity index is 2.40. The van der Waals surface area contributed by atoms with E-state index in [0.29, 0.717) is 13.1 Å². The Morgan fingerprint density at radius 3 is 2.47 bits per heavy atom. The highest BCUT2D eigenvalue weighted by Crippen LogP contribution is 2.22. The van der Waals surface area contributed by atoms with Gasteiger partial charge in [-0.25, -0.2) is 12.8 Å². The lowest BCUT2D eigenvalue weighted by molar-refractivity contribution is 0.346. The predicted molar refractivity (Wildman–Crippen MR) is 74.9 cm³/mol. The van der Waals surface area contributed by atoms with Crippen molar-refractivity contribution in [2.75, 3.05) is 13.1 Å². The van der Waals surface area contributed by atoms with Crippen LogP contribution in [0.4, 0.5) is 4.39 Å². The van der Waals surface area contributed by atoms with Crippen molar-refractivity contribution in [2.45, 2.75) is 24.2 Å². The number of nitrogens with two attached hydrogens (primary N) is 1. The molecule has 1 heterocycles. The van der Waals surface area contributed by atoms with Crippen LogP contribution in [0.3, 0.4) is 0 Å². The van der Waals surface area contributed by atoms with E-state index in [1.165, 1.54) is 16.4 Å². The van der Waals surface area contributed by atoms with Crippen molar-refractivity contribution in [2.24, 2.45) is 5.73 Å². The molecule has 0 aliphatic carbocycles. The fraction of sp³-hybridized carbons (Fsp3) is 0.417. The van der Waals surface area contributed by atoms with E-state index in [-0.39, 0.29) is 15.4 Å². The quantitative estimate of drug-likeness (QED) is 0.862. The minimum atomic E-state index is -3.58. The average Bonchev–Trinajstić information content (AvgIpc) is 2.39. The SMILES string of the molecule is NC(=S)c1cc(S(=O)(=O)N2CCCCC2)ccc1F. The minimum absolute atomic E-state index is 0.0342. The largest absolute Gasteiger partial charge is 0.389 e. The Labute approximate surface area is 117 Å². The van der Waals surface area contributed by atoms with Crippen LogP contribution in [0.15, 0.2) is 23.1 Å². The fourth-order valence-corrected chi connectivity index (χ4v) is 3.81. The standard InChI is InChI=1S/C12H15FN2O2S2/c13-11-5-4-9(8-10(11)12(14)18)19(16,17)15-6-2-1-3-7-15/h4-5,8H,1-3,6-7H2,(H2,14,18). The number of piperidine rings is 1. The van der Waals surface area contributed by atoms with Crippen LogP contribution in [0.5, 0.6) is 0 Å². The predicted octanol–water partition coefficient (Wildman–Crippen LogP) is 1.63. The van der Waals surface area contributed by atoms with Crippen LogP contribution < -0.4 is 5.73 Å². The molecule has 4 nitrogen and oxygen atoms in total. The van der Waals surface area contributed by atoms with Gasteiger partial charge in [-0.15, -0.1) is 0 Å². The zero-order valence-corrected chi connectivity index (χ0v) is 11.9. The van der Waals surface area contributed by atoms with Crippen molar-refractivity contribution in [1.82, 2.24) is 4.31 Å². The molecule has 1 aliphatic rings. The molecule has 0 radical (unpaired) electrons. The van der Waals surface area contributed by atoms with Crippen LogP contribution in [0.2, 0.25) is 0 Å². The first-order chi connectivity index (χ1) is 8.93. The fourth-order valence-electron chi connectivity index (χ4n) is 2.11. The molecule has 104 valence electrons. The molecule has 7 heteroatoms. The molecular weight excluding hydrogens is 287 g/mol. The van der Waals surface area contributed by atoms with E-state index < -0.39 is 15.8 Å². The summed E-state index contributed by atoms with van der Waals surface area (Å²) in [7, 11) is -3.58. The molecule has 0 atom stereocenters. The van der Waals surface area contributed by atoms with E-state index in [2.05, 4.69) is 0 Å². The lowest BCUT2D eigenvalue weighted by Gasteiger charge is -2.26. The molecule has 1 aromatic carbocycles. The van der Waals surface area contributed by atoms with Gasteiger partial charge in [-0.1, -0.05) is 18.6 Å². The summed E-state index contributed by atoms with van der Waals surface area (Å²) in [4.78, 5) is -0.105. The third-order valence-corrected chi connectivity index (χ3v) is 5.27. The molecule has 19 heavy (non-hydrogen) atoms. The summed E-state index contributed by atoms with van der Waals surface area (Å²) >= 11 is 4.72. The van der Waals surface area contributed by atoms with Gasteiger partial charge in [0.1, 0.15) is 10.8 Å². The minimum Gasteiger partial charge on any atom is -0.389 e. The van der Waals surface area contributed by atoms with Crippen molar-refractivity contribution < 1.29 is 12.8 Å². The van der Waals surface area contributed by atoms with Gasteiger partial charge in [0.25, 0.3) is 0 Å². The summed E-state index contributed by atoms with van der Waals surface area (Å²) in [6.45, 7) is 1.00. The van der Waals surface area contributed by atoms with Gasteiger partial charge in [-0.2, -0.15) is 4.31 Å². The van der Waals surface area contributed by atoms with Crippen molar-refractivity contribution >= 4 is 27.2 Å². The summed E-state index contributed by atoms with van der Waals surface area (Å²) in [5.74, 6) is -0.606. The number of halogens is 1. The molecule has 2 rings (SSSR count). The van der Waals surface area contributed by atoms with E-state index in [1.54, 1.807) is 0 Å². The maximum atomic E-state index is 13.5. The van der Waals surface area contributed by atoms with Crippen molar-refractivity contribution in [3.63, 3.8) is 0 Å². The lowest BCUT2D eigenvalue weighted by Crippen LogP contribution is -2.35. The maximum absolute atomic E-state index is 13.5. The molecule has 1 saturated heterocycles. The number of thiocarbonyl (C=S) groups is 1. The third kappa shape index (κ3) is 2.93. The summed E-state index contributed by atoms with van der Waals surface area (Å²) in [6.07, 6.45) is 2.73. The molecule has 0 bridgehead atoms. The van der Waals surface area contributed by atoms with Gasteiger partial charge < -0.3 is 5.73 Å². The molecule has 0 aromatic heterocycles. The van der Waals surface area contributed by atoms with Gasteiger partial charge in [0, 0.05) is 18.7 Å². The van der Waals surface area contributed by atoms with Gasteiger partial charge in [0.2, 0.25) is 10.0 Å². The molecule has 0 saturated carbocycles. The molecule has 1 fully saturated rings. The van der Waals surface area contributed by atoms with Gasteiger partial charge in [-0.3, -0.25) is 0 Å². The van der Waals surface area contributed by atoms with Gasteiger partial charge in [-0.05, 0) is 31.0 Å². The Hall–Kier alpha value is -1.05. The van der Waals surface area contributed by atoms with E-state index in [1.807, 2.05) is 0 Å². The topological polar surface area (TPSA) is 63.4 Å². The molecule has 2 N–H and O–H groups in total. The summed E-state index contributed by atoms with van der Waals surface area (Å²) in [5, 5.41) is 0. The molecular formula is C12H15FN2O2S2. The van der Waals surface area contributed by atoms with Crippen LogP contribution in [0.25, 0.3) is 0 Å². The molecule has 0 unspecified atom stereocenters. The second-order valence-electron chi connectivity index (χ2n) is 4.47. The van der Waals surface area contributed by atoms with Crippen LogP contribution in [0.1, 0.15) is 24.8 Å². The Morgan fingerprint density at radius 2 is 1.89 bits per heavy atom. The van der Waals surface area contributed by atoms with Gasteiger partial charge in [0.15, 0.2) is 0 Å². The van der Waals surface area contributed by atoms with Gasteiger partial charge >= 0.3 is 0 Å². The van der Waals surface area contributed by atoms with E-state index in [0.717, 1.165) is 25.3 Å². The lowest BCUT2D eigenvalue weighted by atomic mass is 10.2. The number of hydrogen-bond acceptors (Lipinski definition) is 3. The summed E-state index contributed by atoms with van der Waals surface area (Å²) < 4.78 is 39.7. The monoisotopic (exact) mass is 302 g/mol. The van der Waals surface area contributed by atoms with Crippen LogP contribution in [-0.2, 0) is 10.0 Å². The molecule has 1 aromatic rings. The number of sulfonamides is 1. The molecule has 0 spiro atoms. The highest BCUT2D eigenvalue weighted by atomic mass is 32.2. The van der Waals surface area contributed by atoms with Crippen LogP contribution >= 0.6 is 12.2 Å². The van der Waals surface area contributed by atoms with E-state index >= 15 is 0 Å². The van der Waals surface area contributed by atoms with Crippen LogP contribution in [-0.4, -0.2) is 30.8 Å². The Kier molecular flexibility index (Phi) is 4.17. The first-order valence-electron chi connectivity index (χ1n) is 6.02. The maximum Gasteiger partial charge on any atom is 0.243 e. The molecule has 1 aliphatic heterocycles. The number of benzene rings is 1. The second kappa shape index (κ2) is 5.52. The normalized spacial score (nSPS) is 17.3. The average molecular weight is 302 g/mol. The first kappa shape index (κ1) is 14.4. The third-order valence-electron chi connectivity index (χ3n) is 3.16. The van der Waals surface area contributed by atoms with E-state index in [4.69, 9.17) is 18.0 Å². The Morgan fingerprint density at radius 1 is 1.26 bits per heavy atom. The zero-order chi connectivity index (χ0) is 14.0. The van der Waals surface area contributed by atoms with Crippen molar-refractivity contribution in [3.05, 3.63) is 29.6 Å². The van der Waals surface area contributed by atoms with Crippen molar-refractivity contribution in [1.29, 1.82) is 0 Å². The van der Waals surface area contributed by atoms with Gasteiger partial charge in [0.05, 0.1) is 4.90 Å². The highest BCUT2D eigenvalue weighted by Gasteiger charge is 2.26. The smallest absolute Gasteiger partial charge is 0.243 e. The molecule has 0 amide bonds.